The van der Waals surface area contributed by atoms with Gasteiger partial charge in [-0.2, -0.15) is 0 Å². The van der Waals surface area contributed by atoms with Crippen molar-refractivity contribution in [2.24, 2.45) is 0 Å². The van der Waals surface area contributed by atoms with Gasteiger partial charge in [0.1, 0.15) is 18.4 Å². The van der Waals surface area contributed by atoms with Crippen LogP contribution in [0, 0.1) is 13.8 Å². The van der Waals surface area contributed by atoms with Gasteiger partial charge in [-0.05, 0) is 92.6 Å². The number of nitrogens with one attached hydrogen (secondary N) is 3. The number of amides is 4. The van der Waals surface area contributed by atoms with Crippen molar-refractivity contribution in [2.75, 3.05) is 13.1 Å². The van der Waals surface area contributed by atoms with E-state index in [0.717, 1.165) is 22.5 Å². The first-order valence-corrected chi connectivity index (χ1v) is 15.2. The average Bonchev–Trinajstić information content (AvgIpc) is 3.36. The number of ether oxygens (including phenoxy) is 1. The number of aromatic nitrogens is 2. The summed E-state index contributed by atoms with van der Waals surface area (Å²) in [4.78, 5) is 60.9. The van der Waals surface area contributed by atoms with Gasteiger partial charge in [0.25, 0.3) is 5.91 Å². The van der Waals surface area contributed by atoms with Crippen LogP contribution in [0.1, 0.15) is 60.2 Å². The summed E-state index contributed by atoms with van der Waals surface area (Å²) >= 11 is 0. The predicted octanol–water partition coefficient (Wildman–Crippen LogP) is 3.16. The summed E-state index contributed by atoms with van der Waals surface area (Å²) < 4.78 is 6.00. The van der Waals surface area contributed by atoms with Crippen molar-refractivity contribution in [3.8, 4) is 5.75 Å². The second kappa shape index (κ2) is 15.8. The van der Waals surface area contributed by atoms with Crippen molar-refractivity contribution in [3.63, 3.8) is 0 Å². The Morgan fingerprint density at radius 3 is 2.35 bits per heavy atom. The van der Waals surface area contributed by atoms with E-state index in [9.17, 15) is 24.4 Å². The molecule has 13 nitrogen and oxygen atoms in total. The van der Waals surface area contributed by atoms with Crippen LogP contribution in [0.3, 0.4) is 0 Å². The first-order valence-electron chi connectivity index (χ1n) is 15.2. The van der Waals surface area contributed by atoms with E-state index in [1.165, 1.54) is 4.90 Å². The van der Waals surface area contributed by atoms with Gasteiger partial charge in [-0.15, -0.1) is 0 Å². The zero-order chi connectivity index (χ0) is 33.1. The summed E-state index contributed by atoms with van der Waals surface area (Å²) in [5.74, 6) is -0.898. The highest BCUT2D eigenvalue weighted by Gasteiger charge is 2.51. The molecule has 1 fully saturated rings. The predicted molar refractivity (Wildman–Crippen MR) is 167 cm³/mol. The lowest BCUT2D eigenvalue weighted by atomic mass is 9.75. The fourth-order valence-electron chi connectivity index (χ4n) is 5.87. The quantitative estimate of drug-likeness (QED) is 0.0954. The number of rotatable bonds is 15. The third-order valence-electron chi connectivity index (χ3n) is 8.07. The van der Waals surface area contributed by atoms with Crippen LogP contribution in [0.4, 0.5) is 4.79 Å². The molecule has 0 saturated carbocycles. The van der Waals surface area contributed by atoms with Gasteiger partial charge < -0.3 is 25.4 Å². The summed E-state index contributed by atoms with van der Waals surface area (Å²) in [7, 11) is 0. The molecule has 1 aromatic carbocycles. The molecule has 5 N–H and O–H groups in total. The van der Waals surface area contributed by atoms with E-state index in [4.69, 9.17) is 9.84 Å². The molecule has 2 aromatic heterocycles. The minimum Gasteiger partial charge on any atom is -0.489 e. The smallest absolute Gasteiger partial charge is 0.404 e. The average molecular weight is 633 g/mol. The van der Waals surface area contributed by atoms with E-state index >= 15 is 0 Å². The van der Waals surface area contributed by atoms with Gasteiger partial charge in [-0.25, -0.2) is 10.3 Å². The summed E-state index contributed by atoms with van der Waals surface area (Å²) in [5, 5.41) is 23.5. The molecular weight excluding hydrogens is 592 g/mol. The number of carbonyl (C=O) groups excluding carboxylic acids is 3. The first kappa shape index (κ1) is 33.8. The molecule has 0 bridgehead atoms. The highest BCUT2D eigenvalue weighted by Crippen LogP contribution is 2.41. The molecule has 1 saturated heterocycles. The highest BCUT2D eigenvalue weighted by atomic mass is 16.5. The van der Waals surface area contributed by atoms with Gasteiger partial charge >= 0.3 is 6.09 Å². The Labute approximate surface area is 267 Å². The van der Waals surface area contributed by atoms with Crippen LogP contribution in [0.2, 0.25) is 0 Å². The number of unbranched alkanes of at least 4 members (excludes halogenated alkanes) is 1. The van der Waals surface area contributed by atoms with Crippen LogP contribution in [0.25, 0.3) is 0 Å². The van der Waals surface area contributed by atoms with E-state index in [0.29, 0.717) is 30.8 Å². The molecule has 46 heavy (non-hydrogen) atoms. The number of hydrogen-bond acceptors (Lipinski definition) is 8. The lowest BCUT2D eigenvalue weighted by Gasteiger charge is -2.31. The number of benzene rings is 1. The third kappa shape index (κ3) is 8.78. The minimum absolute atomic E-state index is 0.154. The molecule has 2 unspecified atom stereocenters. The maximum atomic E-state index is 14.3. The number of hydrogen-bond donors (Lipinski definition) is 5. The van der Waals surface area contributed by atoms with Crippen LogP contribution >= 0.6 is 0 Å². The Morgan fingerprint density at radius 2 is 1.70 bits per heavy atom. The lowest BCUT2D eigenvalue weighted by Crippen LogP contribution is -2.50. The Bertz CT molecular complexity index is 1500. The van der Waals surface area contributed by atoms with Gasteiger partial charge in [0.05, 0.1) is 5.41 Å². The Hall–Kier alpha value is -5.04. The summed E-state index contributed by atoms with van der Waals surface area (Å²) in [6, 6.07) is 13.5. The van der Waals surface area contributed by atoms with Crippen molar-refractivity contribution < 1.29 is 34.2 Å². The van der Waals surface area contributed by atoms with Gasteiger partial charge in [-0.3, -0.25) is 29.6 Å². The molecule has 244 valence electrons. The third-order valence-corrected chi connectivity index (χ3v) is 8.07. The van der Waals surface area contributed by atoms with Crippen molar-refractivity contribution >= 4 is 23.8 Å². The fourth-order valence-corrected chi connectivity index (χ4v) is 5.87. The largest absolute Gasteiger partial charge is 0.489 e. The fraction of sp³-hybridized carbons (Fsp3) is 0.394. The maximum Gasteiger partial charge on any atom is 0.404 e. The summed E-state index contributed by atoms with van der Waals surface area (Å²) in [6.07, 6.45) is 3.28. The first-order chi connectivity index (χ1) is 22.1. The Balaban J connectivity index is 1.54. The van der Waals surface area contributed by atoms with E-state index in [1.54, 1.807) is 54.3 Å². The van der Waals surface area contributed by atoms with Crippen LogP contribution in [0.5, 0.6) is 5.75 Å². The highest BCUT2D eigenvalue weighted by molar-refractivity contribution is 5.98. The van der Waals surface area contributed by atoms with Gasteiger partial charge in [0, 0.05) is 49.8 Å². The van der Waals surface area contributed by atoms with E-state index in [-0.39, 0.29) is 44.8 Å². The van der Waals surface area contributed by atoms with Crippen LogP contribution < -0.4 is 20.9 Å². The molecule has 0 spiro atoms. The lowest BCUT2D eigenvalue weighted by molar-refractivity contribution is -0.145. The van der Waals surface area contributed by atoms with E-state index in [2.05, 4.69) is 20.6 Å². The molecule has 3 heterocycles. The molecule has 13 heteroatoms. The molecule has 4 rings (SSSR count). The zero-order valence-corrected chi connectivity index (χ0v) is 26.0. The molecule has 1 aliphatic heterocycles. The van der Waals surface area contributed by atoms with Crippen LogP contribution in [0.15, 0.2) is 60.9 Å². The monoisotopic (exact) mass is 632 g/mol. The van der Waals surface area contributed by atoms with Crippen molar-refractivity contribution in [1.82, 2.24) is 31.0 Å². The normalized spacial score (nSPS) is 16.5. The Morgan fingerprint density at radius 1 is 1.00 bits per heavy atom. The zero-order valence-electron chi connectivity index (χ0n) is 26.0. The van der Waals surface area contributed by atoms with E-state index < -0.39 is 29.4 Å². The topological polar surface area (TPSA) is 183 Å². The summed E-state index contributed by atoms with van der Waals surface area (Å²) in [6.45, 7) is 4.80. The Kier molecular flexibility index (Phi) is 11.6. The van der Waals surface area contributed by atoms with Gasteiger partial charge in [-0.1, -0.05) is 12.1 Å². The van der Waals surface area contributed by atoms with Gasteiger partial charge in [0.2, 0.25) is 11.8 Å². The number of likely N-dealkylation sites (tertiary alicyclic amines) is 1. The van der Waals surface area contributed by atoms with Crippen molar-refractivity contribution in [3.05, 3.63) is 89.0 Å². The molecule has 1 aliphatic rings. The number of aryl methyl sites for hydroxylation is 2. The number of carboxylic acid groups (broad SMARTS) is 1. The number of carbonyl (C=O) groups is 4. The second-order valence-electron chi connectivity index (χ2n) is 11.4. The SMILES string of the molecule is Cc1cc(COc2ccc(C3(CC(=O)NCc4ccncc4)CCN(C(CCCCNC(=O)O)C(=O)NO)C3=O)cc2)cc(C)n1. The molecule has 0 radical (unpaired) electrons. The standard InChI is InChI=1S/C33H40N6O7/c1-22-17-25(18-23(2)37-22)21-46-27-8-6-26(7-9-27)33(19-29(40)36-20-24-10-14-34-15-11-24)12-16-39(31(33)42)28(30(41)38-45)5-3-4-13-35-32(43)44/h6-11,14-15,17-18,28,35,45H,3-5,12-13,16,19-21H2,1-2H3,(H,36,40)(H,38,41)(H,43,44). The molecule has 0 aliphatic carbocycles. The number of pyridine rings is 2. The minimum atomic E-state index is -1.26. The van der Waals surface area contributed by atoms with E-state index in [1.807, 2.05) is 26.0 Å². The maximum absolute atomic E-state index is 14.3. The molecular formula is C33H40N6O7. The molecule has 4 amide bonds. The molecule has 3 aromatic rings. The van der Waals surface area contributed by atoms with Crippen LogP contribution in [-0.4, -0.2) is 68.1 Å². The van der Waals surface area contributed by atoms with Crippen molar-refractivity contribution in [1.29, 1.82) is 0 Å². The van der Waals surface area contributed by atoms with Gasteiger partial charge in [0.15, 0.2) is 0 Å². The number of nitrogens with zero attached hydrogens (tertiary/aromatic N) is 3. The number of hydroxylamine groups is 1. The second-order valence-corrected chi connectivity index (χ2v) is 11.4. The van der Waals surface area contributed by atoms with Crippen LogP contribution in [-0.2, 0) is 33.0 Å². The van der Waals surface area contributed by atoms with Crippen molar-refractivity contribution in [2.45, 2.75) is 70.6 Å². The summed E-state index contributed by atoms with van der Waals surface area (Å²) in [5.41, 5.74) is 4.63. The molecule has 2 atom stereocenters.